The molecule has 2 heterocycles. The second-order valence-electron chi connectivity index (χ2n) is 6.16. The number of rotatable bonds is 5. The van der Waals surface area contributed by atoms with Crippen LogP contribution in [0.3, 0.4) is 0 Å². The summed E-state index contributed by atoms with van der Waals surface area (Å²) in [6, 6.07) is 10.3. The third kappa shape index (κ3) is 3.62. The maximum atomic E-state index is 12.5. The number of aryl methyl sites for hydroxylation is 1. The molecule has 2 atom stereocenters. The number of benzene rings is 1. The summed E-state index contributed by atoms with van der Waals surface area (Å²) in [6.45, 7) is 2.63. The number of furan rings is 1. The monoisotopic (exact) mass is 330 g/mol. The van der Waals surface area contributed by atoms with Crippen LogP contribution in [0.2, 0.25) is 0 Å². The first-order valence-corrected chi connectivity index (χ1v) is 8.66. The molecule has 0 radical (unpaired) electrons. The lowest BCUT2D eigenvalue weighted by Gasteiger charge is -2.23. The van der Waals surface area contributed by atoms with Crippen LogP contribution in [-0.2, 0) is 11.2 Å². The van der Waals surface area contributed by atoms with Gasteiger partial charge >= 0.3 is 0 Å². The number of nitrogens with one attached hydrogen (secondary N) is 1. The Kier molecular flexibility index (Phi) is 4.78. The first-order chi connectivity index (χ1) is 11.0. The van der Waals surface area contributed by atoms with Crippen LogP contribution in [0.15, 0.2) is 45.9 Å². The van der Waals surface area contributed by atoms with E-state index >= 15 is 0 Å². The van der Waals surface area contributed by atoms with Gasteiger partial charge in [-0.25, -0.2) is 0 Å². The van der Waals surface area contributed by atoms with Gasteiger partial charge in [0.25, 0.3) is 0 Å². The second-order valence-corrected chi connectivity index (χ2v) is 7.41. The fourth-order valence-electron chi connectivity index (χ4n) is 2.81. The lowest BCUT2D eigenvalue weighted by atomic mass is 10.1. The van der Waals surface area contributed by atoms with Gasteiger partial charge in [0, 0.05) is 11.4 Å². The highest BCUT2D eigenvalue weighted by Gasteiger charge is 2.29. The minimum absolute atomic E-state index is 0.0359. The number of nitrogens with zero attached hydrogens (tertiary/aromatic N) is 1. The topological polar surface area (TPSA) is 45.5 Å². The van der Waals surface area contributed by atoms with E-state index in [1.807, 2.05) is 26.2 Å². The van der Waals surface area contributed by atoms with Gasteiger partial charge in [0.15, 0.2) is 0 Å². The van der Waals surface area contributed by atoms with Crippen molar-refractivity contribution in [2.75, 3.05) is 20.6 Å². The van der Waals surface area contributed by atoms with E-state index < -0.39 is 0 Å². The van der Waals surface area contributed by atoms with Gasteiger partial charge in [-0.1, -0.05) is 17.7 Å². The van der Waals surface area contributed by atoms with Crippen LogP contribution in [0, 0.1) is 6.92 Å². The Hall–Kier alpha value is -1.72. The van der Waals surface area contributed by atoms with Crippen molar-refractivity contribution in [1.29, 1.82) is 0 Å². The summed E-state index contributed by atoms with van der Waals surface area (Å²) in [6.07, 6.45) is 2.47. The molecule has 1 N–H and O–H groups in total. The molecule has 5 heteroatoms. The van der Waals surface area contributed by atoms with Gasteiger partial charge in [0.1, 0.15) is 5.76 Å². The maximum absolute atomic E-state index is 12.5. The Morgan fingerprint density at radius 1 is 1.43 bits per heavy atom. The summed E-state index contributed by atoms with van der Waals surface area (Å²) in [4.78, 5) is 15.8. The van der Waals surface area contributed by atoms with Crippen molar-refractivity contribution in [1.82, 2.24) is 10.2 Å². The summed E-state index contributed by atoms with van der Waals surface area (Å²) in [7, 11) is 3.98. The van der Waals surface area contributed by atoms with Crippen molar-refractivity contribution in [2.24, 2.45) is 0 Å². The highest BCUT2D eigenvalue weighted by Crippen LogP contribution is 2.37. The number of thioether (sulfide) groups is 1. The van der Waals surface area contributed by atoms with E-state index in [0.717, 1.165) is 12.2 Å². The molecule has 0 saturated carbocycles. The summed E-state index contributed by atoms with van der Waals surface area (Å²) in [5.41, 5.74) is 2.51. The predicted octanol–water partition coefficient (Wildman–Crippen LogP) is 3.02. The number of hydrogen-bond acceptors (Lipinski definition) is 4. The van der Waals surface area contributed by atoms with Crippen LogP contribution in [0.5, 0.6) is 0 Å². The van der Waals surface area contributed by atoms with Crippen molar-refractivity contribution in [3.63, 3.8) is 0 Å². The van der Waals surface area contributed by atoms with Gasteiger partial charge in [-0.2, -0.15) is 0 Å². The van der Waals surface area contributed by atoms with Gasteiger partial charge in [-0.05, 0) is 51.2 Å². The summed E-state index contributed by atoms with van der Waals surface area (Å²) in [5, 5.41) is 3.05. The Morgan fingerprint density at radius 3 is 2.96 bits per heavy atom. The maximum Gasteiger partial charge on any atom is 0.233 e. The van der Waals surface area contributed by atoms with E-state index in [2.05, 4.69) is 35.3 Å². The van der Waals surface area contributed by atoms with E-state index in [1.165, 1.54) is 16.0 Å². The molecule has 0 bridgehead atoms. The molecular formula is C18H22N2O2S. The largest absolute Gasteiger partial charge is 0.468 e. The number of fused-ring (bicyclic) bond motifs is 1. The molecule has 3 rings (SSSR count). The number of carbonyl (C=O) groups excluding carboxylic acids is 1. The molecule has 0 unspecified atom stereocenters. The third-order valence-electron chi connectivity index (χ3n) is 4.15. The van der Waals surface area contributed by atoms with Crippen LogP contribution in [0.1, 0.15) is 22.9 Å². The Morgan fingerprint density at radius 2 is 2.26 bits per heavy atom. The summed E-state index contributed by atoms with van der Waals surface area (Å²) in [5.74, 6) is 0.968. The zero-order chi connectivity index (χ0) is 16.4. The molecule has 0 fully saturated rings. The summed E-state index contributed by atoms with van der Waals surface area (Å²) < 4.78 is 5.48. The molecule has 4 nitrogen and oxygen atoms in total. The first kappa shape index (κ1) is 16.1. The minimum atomic E-state index is -0.0359. The van der Waals surface area contributed by atoms with E-state index in [9.17, 15) is 4.79 Å². The summed E-state index contributed by atoms with van der Waals surface area (Å²) >= 11 is 1.67. The quantitative estimate of drug-likeness (QED) is 0.915. The highest BCUT2D eigenvalue weighted by molar-refractivity contribution is 8.01. The van der Waals surface area contributed by atoms with Gasteiger partial charge in [0.2, 0.25) is 5.91 Å². The van der Waals surface area contributed by atoms with Crippen LogP contribution in [-0.4, -0.2) is 36.7 Å². The predicted molar refractivity (Wildman–Crippen MR) is 92.7 cm³/mol. The van der Waals surface area contributed by atoms with E-state index in [1.54, 1.807) is 18.0 Å². The number of likely N-dealkylation sites (N-methyl/N-ethyl adjacent to an activating group) is 1. The zero-order valence-corrected chi connectivity index (χ0v) is 14.5. The molecular weight excluding hydrogens is 308 g/mol. The molecule has 0 aliphatic carbocycles. The Bertz CT molecular complexity index is 682. The van der Waals surface area contributed by atoms with E-state index in [0.29, 0.717) is 6.54 Å². The Balaban J connectivity index is 1.60. The second kappa shape index (κ2) is 6.81. The van der Waals surface area contributed by atoms with Crippen LogP contribution < -0.4 is 5.32 Å². The average Bonchev–Trinajstić information content (AvgIpc) is 3.15. The molecule has 1 aliphatic rings. The van der Waals surface area contributed by atoms with Gasteiger partial charge < -0.3 is 9.73 Å². The SMILES string of the molecule is Cc1ccc2c(c1)S[C@@H](C(=O)NC[C@@H](c1ccco1)N(C)C)C2. The minimum Gasteiger partial charge on any atom is -0.468 e. The van der Waals surface area contributed by atoms with Gasteiger partial charge in [0.05, 0.1) is 17.6 Å². The highest BCUT2D eigenvalue weighted by atomic mass is 32.2. The van der Waals surface area contributed by atoms with Crippen molar-refractivity contribution < 1.29 is 9.21 Å². The lowest BCUT2D eigenvalue weighted by Crippen LogP contribution is -2.38. The number of hydrogen-bond donors (Lipinski definition) is 1. The normalized spacial score (nSPS) is 18.0. The molecule has 0 spiro atoms. The van der Waals surface area contributed by atoms with E-state index in [-0.39, 0.29) is 17.2 Å². The fourth-order valence-corrected chi connectivity index (χ4v) is 4.13. The average molecular weight is 330 g/mol. The number of amides is 1. The van der Waals surface area contributed by atoms with Crippen molar-refractivity contribution in [3.05, 3.63) is 53.5 Å². The third-order valence-corrected chi connectivity index (χ3v) is 5.45. The van der Waals surface area contributed by atoms with Crippen LogP contribution in [0.25, 0.3) is 0 Å². The molecule has 0 saturated heterocycles. The molecule has 2 aromatic rings. The van der Waals surface area contributed by atoms with Crippen LogP contribution in [0.4, 0.5) is 0 Å². The van der Waals surface area contributed by atoms with Crippen molar-refractivity contribution in [3.8, 4) is 0 Å². The molecule has 1 aromatic carbocycles. The standard InChI is InChI=1S/C18H22N2O2S/c1-12-6-7-13-10-17(23-16(13)9-12)18(21)19-11-14(20(2)3)15-5-4-8-22-15/h4-9,14,17H,10-11H2,1-3H3,(H,19,21)/t14-,17+/m0/s1. The molecule has 1 aromatic heterocycles. The van der Waals surface area contributed by atoms with Crippen molar-refractivity contribution in [2.45, 2.75) is 29.5 Å². The lowest BCUT2D eigenvalue weighted by molar-refractivity contribution is -0.120. The molecule has 122 valence electrons. The molecule has 23 heavy (non-hydrogen) atoms. The van der Waals surface area contributed by atoms with Crippen molar-refractivity contribution >= 4 is 17.7 Å². The smallest absolute Gasteiger partial charge is 0.233 e. The van der Waals surface area contributed by atoms with Crippen LogP contribution >= 0.6 is 11.8 Å². The number of carbonyl (C=O) groups is 1. The zero-order valence-electron chi connectivity index (χ0n) is 13.7. The first-order valence-electron chi connectivity index (χ1n) is 7.78. The molecule has 1 amide bonds. The van der Waals surface area contributed by atoms with E-state index in [4.69, 9.17) is 4.42 Å². The van der Waals surface area contributed by atoms with Gasteiger partial charge in [-0.15, -0.1) is 11.8 Å². The molecule has 1 aliphatic heterocycles. The Labute approximate surface area is 141 Å². The van der Waals surface area contributed by atoms with Gasteiger partial charge in [-0.3, -0.25) is 9.69 Å². The fraction of sp³-hybridized carbons (Fsp3) is 0.389.